The molecular weight excluding hydrogens is 324 g/mol. The van der Waals surface area contributed by atoms with E-state index in [1.165, 1.54) is 12.8 Å². The summed E-state index contributed by atoms with van der Waals surface area (Å²) in [7, 11) is 0. The number of para-hydroxylation sites is 1. The number of aromatic nitrogens is 2. The van der Waals surface area contributed by atoms with Gasteiger partial charge in [0, 0.05) is 18.8 Å². The number of benzene rings is 1. The normalized spacial score (nSPS) is 15.1. The first-order chi connectivity index (χ1) is 12.6. The minimum atomic E-state index is -0.202. The van der Waals surface area contributed by atoms with Crippen molar-refractivity contribution < 1.29 is 4.79 Å². The van der Waals surface area contributed by atoms with Gasteiger partial charge in [-0.25, -0.2) is 9.97 Å². The van der Waals surface area contributed by atoms with Crippen LogP contribution in [0.25, 0.3) is 0 Å². The molecule has 3 rings (SSSR count). The zero-order chi connectivity index (χ0) is 18.5. The number of amides is 1. The molecule has 1 aromatic heterocycles. The van der Waals surface area contributed by atoms with Gasteiger partial charge in [0.1, 0.15) is 11.5 Å². The van der Waals surface area contributed by atoms with Crippen LogP contribution >= 0.6 is 0 Å². The van der Waals surface area contributed by atoms with Crippen molar-refractivity contribution >= 4 is 17.4 Å². The fraction of sp³-hybridized carbons (Fsp3) is 0.476. The molecule has 1 aliphatic rings. The molecule has 0 unspecified atom stereocenters. The predicted octanol–water partition coefficient (Wildman–Crippen LogP) is 4.09. The molecule has 1 saturated heterocycles. The number of nitrogens with one attached hydrogen (secondary N) is 1. The Morgan fingerprint density at radius 3 is 2.31 bits per heavy atom. The summed E-state index contributed by atoms with van der Waals surface area (Å²) >= 11 is 0. The number of nitrogens with zero attached hydrogens (tertiary/aromatic N) is 3. The first-order valence-corrected chi connectivity index (χ1v) is 9.61. The molecular formula is C21H28N4O. The summed E-state index contributed by atoms with van der Waals surface area (Å²) in [5.41, 5.74) is 3.56. The summed E-state index contributed by atoms with van der Waals surface area (Å²) in [4.78, 5) is 23.7. The molecule has 0 saturated carbocycles. The number of carbonyl (C=O) groups is 1. The lowest BCUT2D eigenvalue weighted by atomic mass is 9.99. The van der Waals surface area contributed by atoms with Crippen LogP contribution in [0.1, 0.15) is 55.2 Å². The van der Waals surface area contributed by atoms with Gasteiger partial charge in [-0.2, -0.15) is 0 Å². The molecule has 1 amide bonds. The Labute approximate surface area is 155 Å². The van der Waals surface area contributed by atoms with Crippen molar-refractivity contribution in [1.29, 1.82) is 0 Å². The Morgan fingerprint density at radius 1 is 1.12 bits per heavy atom. The Hall–Kier alpha value is -2.43. The number of hydrogen-bond donors (Lipinski definition) is 1. The zero-order valence-electron chi connectivity index (χ0n) is 16.0. The number of aryl methyl sites for hydroxylation is 2. The second kappa shape index (κ2) is 8.30. The molecule has 0 spiro atoms. The number of carbonyl (C=O) groups excluding carboxylic acids is 1. The summed E-state index contributed by atoms with van der Waals surface area (Å²) in [6.07, 6.45) is 7.41. The molecule has 0 bridgehead atoms. The lowest BCUT2D eigenvalue weighted by molar-refractivity contribution is 0.102. The highest BCUT2D eigenvalue weighted by Crippen LogP contribution is 2.24. The molecule has 5 nitrogen and oxygen atoms in total. The van der Waals surface area contributed by atoms with Crippen molar-refractivity contribution in [3.05, 3.63) is 47.4 Å². The van der Waals surface area contributed by atoms with Gasteiger partial charge in [0.15, 0.2) is 0 Å². The van der Waals surface area contributed by atoms with E-state index in [1.54, 1.807) is 12.4 Å². The van der Waals surface area contributed by atoms with Gasteiger partial charge in [0.2, 0.25) is 0 Å². The summed E-state index contributed by atoms with van der Waals surface area (Å²) < 4.78 is 0. The van der Waals surface area contributed by atoms with E-state index in [2.05, 4.69) is 53.1 Å². The third-order valence-corrected chi connectivity index (χ3v) is 5.22. The van der Waals surface area contributed by atoms with E-state index in [4.69, 9.17) is 0 Å². The van der Waals surface area contributed by atoms with Crippen LogP contribution < -0.4 is 10.2 Å². The van der Waals surface area contributed by atoms with Crippen molar-refractivity contribution in [3.8, 4) is 0 Å². The first kappa shape index (κ1) is 18.4. The van der Waals surface area contributed by atoms with Gasteiger partial charge < -0.3 is 10.2 Å². The molecule has 26 heavy (non-hydrogen) atoms. The number of anilines is 2. The summed E-state index contributed by atoms with van der Waals surface area (Å²) in [6, 6.07) is 6.16. The van der Waals surface area contributed by atoms with Gasteiger partial charge in [0.25, 0.3) is 5.91 Å². The second-order valence-electron chi connectivity index (χ2n) is 7.04. The van der Waals surface area contributed by atoms with Crippen LogP contribution in [0.2, 0.25) is 0 Å². The van der Waals surface area contributed by atoms with Gasteiger partial charge in [-0.3, -0.25) is 4.79 Å². The lowest BCUT2D eigenvalue weighted by Gasteiger charge is -2.30. The van der Waals surface area contributed by atoms with Crippen molar-refractivity contribution in [2.75, 3.05) is 23.3 Å². The highest BCUT2D eigenvalue weighted by atomic mass is 16.1. The van der Waals surface area contributed by atoms with Crippen molar-refractivity contribution in [2.45, 2.75) is 46.5 Å². The summed E-state index contributed by atoms with van der Waals surface area (Å²) in [6.45, 7) is 8.49. The molecule has 1 fully saturated rings. The van der Waals surface area contributed by atoms with Gasteiger partial charge in [-0.15, -0.1) is 0 Å². The maximum absolute atomic E-state index is 12.7. The van der Waals surface area contributed by atoms with Crippen LogP contribution in [0.5, 0.6) is 0 Å². The number of hydrogen-bond acceptors (Lipinski definition) is 4. The van der Waals surface area contributed by atoms with Gasteiger partial charge >= 0.3 is 0 Å². The van der Waals surface area contributed by atoms with Crippen LogP contribution in [-0.4, -0.2) is 29.0 Å². The van der Waals surface area contributed by atoms with Gasteiger partial charge in [-0.1, -0.05) is 39.0 Å². The zero-order valence-corrected chi connectivity index (χ0v) is 16.0. The maximum atomic E-state index is 12.7. The van der Waals surface area contributed by atoms with E-state index in [0.29, 0.717) is 5.69 Å². The Morgan fingerprint density at radius 2 is 1.77 bits per heavy atom. The van der Waals surface area contributed by atoms with Crippen LogP contribution in [0.15, 0.2) is 30.6 Å². The quantitative estimate of drug-likeness (QED) is 0.880. The van der Waals surface area contributed by atoms with Crippen LogP contribution in [-0.2, 0) is 12.8 Å². The van der Waals surface area contributed by atoms with E-state index >= 15 is 0 Å². The average Bonchev–Trinajstić information content (AvgIpc) is 2.68. The SMILES string of the molecule is CCc1cccc(CC)c1NC(=O)c1cnc(N2CCC(C)CC2)cn1. The van der Waals surface area contributed by atoms with Gasteiger partial charge in [-0.05, 0) is 42.7 Å². The van der Waals surface area contributed by atoms with E-state index in [0.717, 1.165) is 54.5 Å². The van der Waals surface area contributed by atoms with Crippen molar-refractivity contribution in [2.24, 2.45) is 5.92 Å². The fourth-order valence-electron chi connectivity index (χ4n) is 3.42. The molecule has 1 N–H and O–H groups in total. The predicted molar refractivity (Wildman–Crippen MR) is 106 cm³/mol. The molecule has 1 aliphatic heterocycles. The molecule has 0 radical (unpaired) electrons. The standard InChI is InChI=1S/C21H28N4O/c1-4-16-7-6-8-17(5-2)20(16)24-21(26)18-13-23-19(14-22-18)25-11-9-15(3)10-12-25/h6-8,13-15H,4-5,9-12H2,1-3H3,(H,24,26). The lowest BCUT2D eigenvalue weighted by Crippen LogP contribution is -2.33. The molecule has 138 valence electrons. The molecule has 1 aromatic carbocycles. The second-order valence-corrected chi connectivity index (χ2v) is 7.04. The molecule has 2 aromatic rings. The maximum Gasteiger partial charge on any atom is 0.275 e. The Balaban J connectivity index is 1.73. The minimum absolute atomic E-state index is 0.202. The van der Waals surface area contributed by atoms with E-state index < -0.39 is 0 Å². The van der Waals surface area contributed by atoms with E-state index in [9.17, 15) is 4.79 Å². The van der Waals surface area contributed by atoms with Crippen molar-refractivity contribution in [3.63, 3.8) is 0 Å². The Kier molecular flexibility index (Phi) is 5.86. The minimum Gasteiger partial charge on any atom is -0.355 e. The highest BCUT2D eigenvalue weighted by Gasteiger charge is 2.18. The van der Waals surface area contributed by atoms with E-state index in [-0.39, 0.29) is 5.91 Å². The summed E-state index contributed by atoms with van der Waals surface area (Å²) in [5.74, 6) is 1.43. The Bertz CT molecular complexity index is 727. The monoisotopic (exact) mass is 352 g/mol. The molecule has 0 atom stereocenters. The number of piperidine rings is 1. The average molecular weight is 352 g/mol. The third kappa shape index (κ3) is 4.03. The van der Waals surface area contributed by atoms with Crippen LogP contribution in [0.4, 0.5) is 11.5 Å². The largest absolute Gasteiger partial charge is 0.355 e. The fourth-order valence-corrected chi connectivity index (χ4v) is 3.42. The van der Waals surface area contributed by atoms with Gasteiger partial charge in [0.05, 0.1) is 12.4 Å². The van der Waals surface area contributed by atoms with Crippen molar-refractivity contribution in [1.82, 2.24) is 9.97 Å². The smallest absolute Gasteiger partial charge is 0.275 e. The first-order valence-electron chi connectivity index (χ1n) is 9.61. The topological polar surface area (TPSA) is 58.1 Å². The van der Waals surface area contributed by atoms with E-state index in [1.807, 2.05) is 6.07 Å². The number of rotatable bonds is 5. The molecule has 5 heteroatoms. The highest BCUT2D eigenvalue weighted by molar-refractivity contribution is 6.03. The molecule has 0 aliphatic carbocycles. The summed E-state index contributed by atoms with van der Waals surface area (Å²) in [5, 5.41) is 3.05. The molecule has 2 heterocycles. The third-order valence-electron chi connectivity index (χ3n) is 5.22. The van der Waals surface area contributed by atoms with Crippen LogP contribution in [0.3, 0.4) is 0 Å². The van der Waals surface area contributed by atoms with Crippen LogP contribution in [0, 0.1) is 5.92 Å².